The number of nitrogens with zero attached hydrogens (tertiary/aromatic N) is 4. The van der Waals surface area contributed by atoms with Gasteiger partial charge in [0.2, 0.25) is 5.82 Å². The van der Waals surface area contributed by atoms with Crippen LogP contribution in [0.25, 0.3) is 0 Å². The van der Waals surface area contributed by atoms with Crippen molar-refractivity contribution in [3.05, 3.63) is 27.4 Å². The highest BCUT2D eigenvalue weighted by molar-refractivity contribution is 6.30. The number of piperazine rings is 3. The first-order chi connectivity index (χ1) is 9.63. The minimum atomic E-state index is -0.460. The summed E-state index contributed by atoms with van der Waals surface area (Å²) >= 11 is 5.75. The molecular formula is C12H16ClN5O2. The molecule has 1 aromatic rings. The number of fused-ring (bicyclic) bond motifs is 3. The summed E-state index contributed by atoms with van der Waals surface area (Å²) in [4.78, 5) is 19.4. The number of aromatic nitrogens is 1. The molecule has 2 bridgehead atoms. The van der Waals surface area contributed by atoms with E-state index in [0.29, 0.717) is 12.6 Å². The van der Waals surface area contributed by atoms with Crippen LogP contribution in [0.2, 0.25) is 5.02 Å². The monoisotopic (exact) mass is 297 g/mol. The lowest BCUT2D eigenvalue weighted by atomic mass is 10.1. The molecule has 1 aromatic heterocycles. The van der Waals surface area contributed by atoms with Gasteiger partial charge in [0, 0.05) is 57.6 Å². The second-order valence-electron chi connectivity index (χ2n) is 5.15. The molecule has 1 N–H and O–H groups in total. The Morgan fingerprint density at radius 2 is 2.20 bits per heavy atom. The SMILES string of the molecule is O=[N+]([O-])c1cc(Cl)cnc1NCC1CN2CCN1CC2. The van der Waals surface area contributed by atoms with Gasteiger partial charge in [0.05, 0.1) is 9.95 Å². The molecule has 3 fully saturated rings. The van der Waals surface area contributed by atoms with E-state index in [1.165, 1.54) is 12.3 Å². The third kappa shape index (κ3) is 2.70. The first-order valence-electron chi connectivity index (χ1n) is 6.63. The number of pyridine rings is 1. The Bertz CT molecular complexity index is 519. The number of nitro groups is 1. The fourth-order valence-corrected chi connectivity index (χ4v) is 2.99. The van der Waals surface area contributed by atoms with Crippen molar-refractivity contribution in [2.24, 2.45) is 0 Å². The van der Waals surface area contributed by atoms with Gasteiger partial charge in [-0.1, -0.05) is 11.6 Å². The summed E-state index contributed by atoms with van der Waals surface area (Å²) < 4.78 is 0. The Balaban J connectivity index is 1.68. The smallest absolute Gasteiger partial charge is 0.312 e. The van der Waals surface area contributed by atoms with E-state index in [9.17, 15) is 10.1 Å². The molecule has 3 saturated heterocycles. The van der Waals surface area contributed by atoms with Crippen LogP contribution >= 0.6 is 11.6 Å². The molecule has 1 unspecified atom stereocenters. The predicted octanol–water partition coefficient (Wildman–Crippen LogP) is 1.05. The molecule has 1 atom stereocenters. The van der Waals surface area contributed by atoms with Crippen LogP contribution < -0.4 is 5.32 Å². The van der Waals surface area contributed by atoms with E-state index in [1.54, 1.807) is 0 Å². The average Bonchev–Trinajstić information content (AvgIpc) is 2.47. The summed E-state index contributed by atoms with van der Waals surface area (Å²) in [6, 6.07) is 1.71. The normalized spacial score (nSPS) is 28.4. The van der Waals surface area contributed by atoms with Crippen molar-refractivity contribution in [3.63, 3.8) is 0 Å². The fraction of sp³-hybridized carbons (Fsp3) is 0.583. The maximum atomic E-state index is 11.0. The quantitative estimate of drug-likeness (QED) is 0.661. The minimum Gasteiger partial charge on any atom is -0.363 e. The van der Waals surface area contributed by atoms with Crippen molar-refractivity contribution in [2.75, 3.05) is 44.6 Å². The molecule has 4 rings (SSSR count). The van der Waals surface area contributed by atoms with Crippen LogP contribution in [0.4, 0.5) is 11.5 Å². The molecule has 0 amide bonds. The summed E-state index contributed by atoms with van der Waals surface area (Å²) in [6.07, 6.45) is 1.42. The lowest BCUT2D eigenvalue weighted by molar-refractivity contribution is -0.384. The van der Waals surface area contributed by atoms with E-state index in [4.69, 9.17) is 11.6 Å². The van der Waals surface area contributed by atoms with Gasteiger partial charge in [-0.2, -0.15) is 0 Å². The Labute approximate surface area is 121 Å². The first kappa shape index (κ1) is 13.5. The van der Waals surface area contributed by atoms with Crippen LogP contribution in [0.3, 0.4) is 0 Å². The Morgan fingerprint density at radius 1 is 1.45 bits per heavy atom. The van der Waals surface area contributed by atoms with Gasteiger partial charge in [0.1, 0.15) is 0 Å². The largest absolute Gasteiger partial charge is 0.363 e. The van der Waals surface area contributed by atoms with Crippen molar-refractivity contribution in [3.8, 4) is 0 Å². The molecule has 0 radical (unpaired) electrons. The van der Waals surface area contributed by atoms with E-state index in [0.717, 1.165) is 32.7 Å². The van der Waals surface area contributed by atoms with E-state index in [-0.39, 0.29) is 16.5 Å². The molecule has 0 spiro atoms. The van der Waals surface area contributed by atoms with Gasteiger partial charge < -0.3 is 5.32 Å². The Kier molecular flexibility index (Phi) is 3.73. The van der Waals surface area contributed by atoms with Crippen LogP contribution in [0.1, 0.15) is 0 Å². The molecule has 3 aliphatic rings. The van der Waals surface area contributed by atoms with Crippen LogP contribution in [0.15, 0.2) is 12.3 Å². The molecule has 108 valence electrons. The van der Waals surface area contributed by atoms with E-state index < -0.39 is 4.92 Å². The van der Waals surface area contributed by atoms with Crippen molar-refractivity contribution < 1.29 is 4.92 Å². The lowest BCUT2D eigenvalue weighted by Crippen LogP contribution is -2.62. The number of nitrogens with one attached hydrogen (secondary N) is 1. The highest BCUT2D eigenvalue weighted by atomic mass is 35.5. The summed E-state index contributed by atoms with van der Waals surface area (Å²) in [5.74, 6) is 0.289. The van der Waals surface area contributed by atoms with Crippen LogP contribution in [0.5, 0.6) is 0 Å². The van der Waals surface area contributed by atoms with Crippen LogP contribution in [-0.2, 0) is 0 Å². The molecule has 0 aromatic carbocycles. The molecule has 3 aliphatic heterocycles. The number of rotatable bonds is 4. The number of halogens is 1. The molecule has 0 saturated carbocycles. The Hall–Kier alpha value is -1.44. The van der Waals surface area contributed by atoms with Gasteiger partial charge in [-0.05, 0) is 0 Å². The zero-order chi connectivity index (χ0) is 14.1. The first-order valence-corrected chi connectivity index (χ1v) is 7.01. The average molecular weight is 298 g/mol. The zero-order valence-electron chi connectivity index (χ0n) is 11.0. The standard InChI is InChI=1S/C12H16ClN5O2/c13-9-5-11(18(19)20)12(14-6-9)15-7-10-8-16-1-3-17(10)4-2-16/h5-6,10H,1-4,7-8H2,(H,14,15). The highest BCUT2D eigenvalue weighted by Gasteiger charge is 2.31. The van der Waals surface area contributed by atoms with Crippen molar-refractivity contribution in [2.45, 2.75) is 6.04 Å². The summed E-state index contributed by atoms with van der Waals surface area (Å²) in [5, 5.41) is 14.4. The lowest BCUT2D eigenvalue weighted by Gasteiger charge is -2.47. The van der Waals surface area contributed by atoms with E-state index in [2.05, 4.69) is 20.1 Å². The molecule has 20 heavy (non-hydrogen) atoms. The molecular weight excluding hydrogens is 282 g/mol. The van der Waals surface area contributed by atoms with E-state index in [1.807, 2.05) is 0 Å². The third-order valence-electron chi connectivity index (χ3n) is 3.93. The second-order valence-corrected chi connectivity index (χ2v) is 5.59. The number of anilines is 1. The Morgan fingerprint density at radius 3 is 2.80 bits per heavy atom. The van der Waals surface area contributed by atoms with Crippen LogP contribution in [0, 0.1) is 10.1 Å². The number of hydrogen-bond donors (Lipinski definition) is 1. The zero-order valence-corrected chi connectivity index (χ0v) is 11.7. The van der Waals surface area contributed by atoms with Gasteiger partial charge in [0.25, 0.3) is 0 Å². The van der Waals surface area contributed by atoms with Crippen molar-refractivity contribution in [1.29, 1.82) is 0 Å². The molecule has 7 nitrogen and oxygen atoms in total. The minimum absolute atomic E-state index is 0.0752. The van der Waals surface area contributed by atoms with Crippen LogP contribution in [-0.4, -0.2) is 65.0 Å². The van der Waals surface area contributed by atoms with E-state index >= 15 is 0 Å². The van der Waals surface area contributed by atoms with Crippen molar-refractivity contribution in [1.82, 2.24) is 14.8 Å². The topological polar surface area (TPSA) is 74.5 Å². The number of hydrogen-bond acceptors (Lipinski definition) is 6. The predicted molar refractivity (Wildman–Crippen MR) is 76.2 cm³/mol. The molecule has 4 heterocycles. The van der Waals surface area contributed by atoms with Gasteiger partial charge >= 0.3 is 5.69 Å². The third-order valence-corrected chi connectivity index (χ3v) is 4.13. The fourth-order valence-electron chi connectivity index (χ4n) is 2.84. The van der Waals surface area contributed by atoms with Gasteiger partial charge in [-0.15, -0.1) is 0 Å². The van der Waals surface area contributed by atoms with Gasteiger partial charge in [0.15, 0.2) is 0 Å². The summed E-state index contributed by atoms with van der Waals surface area (Å²) in [6.45, 7) is 6.05. The van der Waals surface area contributed by atoms with Gasteiger partial charge in [-0.3, -0.25) is 19.9 Å². The maximum Gasteiger partial charge on any atom is 0.312 e. The molecule has 8 heteroatoms. The maximum absolute atomic E-state index is 11.0. The second kappa shape index (κ2) is 5.51. The van der Waals surface area contributed by atoms with Crippen molar-refractivity contribution >= 4 is 23.1 Å². The molecule has 0 aliphatic carbocycles. The highest BCUT2D eigenvalue weighted by Crippen LogP contribution is 2.25. The summed E-state index contributed by atoms with van der Waals surface area (Å²) in [7, 11) is 0. The van der Waals surface area contributed by atoms with Gasteiger partial charge in [-0.25, -0.2) is 4.98 Å². The summed E-state index contributed by atoms with van der Waals surface area (Å²) in [5.41, 5.74) is -0.0752.